The fourth-order valence-electron chi connectivity index (χ4n) is 3.92. The summed E-state index contributed by atoms with van der Waals surface area (Å²) in [5.41, 5.74) is 2.43. The van der Waals surface area contributed by atoms with Gasteiger partial charge in [-0.05, 0) is 65.9 Å². The number of hydrogen-bond donors (Lipinski definition) is 1. The van der Waals surface area contributed by atoms with Crippen LogP contribution in [0.1, 0.15) is 49.0 Å². The normalized spacial score (nSPS) is 20.2. The molecule has 4 rings (SSSR count). The first-order chi connectivity index (χ1) is 16.6. The number of aryl methyl sites for hydroxylation is 1. The standard InChI is InChI=1S/C26H26Cl3O5P/c1-16(2)21-15-20(6-7-24(21)30)33-26-22(28)12-17(13-23(26)29)9-11-35(31)32-10-8-25(34-35)18-4-3-5-19(27)14-18/h3-7,12-16,25,30H,8-11H2,1-2H3/t25-,35+/m0/s1. The Morgan fingerprint density at radius 3 is 2.51 bits per heavy atom. The maximum Gasteiger partial charge on any atom is 0.331 e. The molecule has 0 spiro atoms. The van der Waals surface area contributed by atoms with Gasteiger partial charge in [-0.25, -0.2) is 0 Å². The molecule has 1 saturated heterocycles. The Kier molecular flexibility index (Phi) is 8.38. The topological polar surface area (TPSA) is 65.0 Å². The molecule has 1 aliphatic heterocycles. The molecule has 2 atom stereocenters. The molecule has 35 heavy (non-hydrogen) atoms. The van der Waals surface area contributed by atoms with Gasteiger partial charge in [-0.3, -0.25) is 4.57 Å². The van der Waals surface area contributed by atoms with Crippen LogP contribution in [0.2, 0.25) is 15.1 Å². The molecule has 1 heterocycles. The SMILES string of the molecule is CC(C)c1cc(Oc2c(Cl)cc(CC[P@@]3(=O)OCC[C@@H](c4cccc(Cl)c4)O3)cc2Cl)ccc1O. The van der Waals surface area contributed by atoms with Gasteiger partial charge < -0.3 is 18.9 Å². The minimum atomic E-state index is -3.32. The molecule has 0 aromatic heterocycles. The van der Waals surface area contributed by atoms with Gasteiger partial charge in [-0.2, -0.15) is 0 Å². The van der Waals surface area contributed by atoms with Crippen LogP contribution >= 0.6 is 42.4 Å². The molecule has 0 unspecified atom stereocenters. The lowest BCUT2D eigenvalue weighted by molar-refractivity contribution is 0.0815. The van der Waals surface area contributed by atoms with Gasteiger partial charge in [0.25, 0.3) is 0 Å². The van der Waals surface area contributed by atoms with Gasteiger partial charge in [0, 0.05) is 17.0 Å². The van der Waals surface area contributed by atoms with E-state index in [-0.39, 0.29) is 23.9 Å². The Hall–Kier alpha value is -1.72. The van der Waals surface area contributed by atoms with E-state index in [4.69, 9.17) is 48.6 Å². The molecule has 3 aromatic rings. The van der Waals surface area contributed by atoms with Crippen LogP contribution in [0, 0.1) is 0 Å². The van der Waals surface area contributed by atoms with Crippen LogP contribution in [0.15, 0.2) is 54.6 Å². The summed E-state index contributed by atoms with van der Waals surface area (Å²) in [6, 6.07) is 15.8. The molecule has 0 bridgehead atoms. The highest BCUT2D eigenvalue weighted by Gasteiger charge is 2.34. The van der Waals surface area contributed by atoms with E-state index in [1.165, 1.54) is 0 Å². The van der Waals surface area contributed by atoms with E-state index < -0.39 is 7.60 Å². The van der Waals surface area contributed by atoms with Crippen molar-refractivity contribution in [2.75, 3.05) is 12.8 Å². The second-order valence-electron chi connectivity index (χ2n) is 8.72. The number of rotatable bonds is 7. The van der Waals surface area contributed by atoms with Crippen LogP contribution in [0.3, 0.4) is 0 Å². The van der Waals surface area contributed by atoms with Crippen molar-refractivity contribution in [2.45, 2.75) is 38.7 Å². The van der Waals surface area contributed by atoms with E-state index in [1.54, 1.807) is 36.4 Å². The van der Waals surface area contributed by atoms with Crippen LogP contribution in [-0.2, 0) is 20.0 Å². The summed E-state index contributed by atoms with van der Waals surface area (Å²) in [5.74, 6) is 1.16. The zero-order chi connectivity index (χ0) is 25.2. The number of hydrogen-bond acceptors (Lipinski definition) is 5. The average molecular weight is 556 g/mol. The summed E-state index contributed by atoms with van der Waals surface area (Å²) in [4.78, 5) is 0. The van der Waals surface area contributed by atoms with Gasteiger partial charge in [0.15, 0.2) is 5.75 Å². The number of ether oxygens (including phenoxy) is 1. The summed E-state index contributed by atoms with van der Waals surface area (Å²) < 4.78 is 30.7. The summed E-state index contributed by atoms with van der Waals surface area (Å²) in [7, 11) is -3.32. The van der Waals surface area contributed by atoms with Crippen molar-refractivity contribution in [3.05, 3.63) is 86.4 Å². The monoisotopic (exact) mass is 554 g/mol. The van der Waals surface area contributed by atoms with Crippen molar-refractivity contribution in [2.24, 2.45) is 0 Å². The molecule has 186 valence electrons. The lowest BCUT2D eigenvalue weighted by atomic mass is 10.0. The zero-order valence-electron chi connectivity index (χ0n) is 19.3. The lowest BCUT2D eigenvalue weighted by Crippen LogP contribution is -2.16. The van der Waals surface area contributed by atoms with Crippen molar-refractivity contribution in [3.8, 4) is 17.2 Å². The second-order valence-corrected chi connectivity index (χ2v) is 12.1. The molecule has 5 nitrogen and oxygen atoms in total. The molecule has 1 aliphatic rings. The number of phenols is 1. The van der Waals surface area contributed by atoms with Crippen LogP contribution in [0.5, 0.6) is 17.2 Å². The highest BCUT2D eigenvalue weighted by molar-refractivity contribution is 7.53. The first-order valence-corrected chi connectivity index (χ1v) is 14.2. The quantitative estimate of drug-likeness (QED) is 0.294. The van der Waals surface area contributed by atoms with Crippen LogP contribution < -0.4 is 4.74 Å². The summed E-state index contributed by atoms with van der Waals surface area (Å²) in [6.07, 6.45) is 0.851. The van der Waals surface area contributed by atoms with E-state index in [0.717, 1.165) is 16.7 Å². The third-order valence-corrected chi connectivity index (χ3v) is 8.47. The predicted molar refractivity (Wildman–Crippen MR) is 141 cm³/mol. The van der Waals surface area contributed by atoms with Gasteiger partial charge in [-0.1, -0.05) is 60.8 Å². The highest BCUT2D eigenvalue weighted by Crippen LogP contribution is 2.56. The van der Waals surface area contributed by atoms with Crippen LogP contribution in [0.25, 0.3) is 0 Å². The van der Waals surface area contributed by atoms with E-state index in [0.29, 0.717) is 46.0 Å². The molecule has 0 radical (unpaired) electrons. The molecule has 9 heteroatoms. The van der Waals surface area contributed by atoms with Crippen molar-refractivity contribution in [1.29, 1.82) is 0 Å². The van der Waals surface area contributed by atoms with Crippen molar-refractivity contribution in [3.63, 3.8) is 0 Å². The molecule has 1 fully saturated rings. The van der Waals surface area contributed by atoms with E-state index >= 15 is 0 Å². The predicted octanol–water partition coefficient (Wildman–Crippen LogP) is 9.18. The van der Waals surface area contributed by atoms with Crippen molar-refractivity contribution in [1.82, 2.24) is 0 Å². The van der Waals surface area contributed by atoms with Gasteiger partial charge in [0.05, 0.1) is 28.9 Å². The zero-order valence-corrected chi connectivity index (χ0v) is 22.5. The molecule has 0 aliphatic carbocycles. The minimum Gasteiger partial charge on any atom is -0.508 e. The first-order valence-electron chi connectivity index (χ1n) is 11.3. The third kappa shape index (κ3) is 6.54. The summed E-state index contributed by atoms with van der Waals surface area (Å²) >= 11 is 19.1. The van der Waals surface area contributed by atoms with E-state index in [2.05, 4.69) is 0 Å². The van der Waals surface area contributed by atoms with Crippen LogP contribution in [0.4, 0.5) is 0 Å². The molecular weight excluding hydrogens is 530 g/mol. The Morgan fingerprint density at radius 1 is 1.09 bits per heavy atom. The smallest absolute Gasteiger partial charge is 0.331 e. The molecule has 1 N–H and O–H groups in total. The Morgan fingerprint density at radius 2 is 1.83 bits per heavy atom. The molecule has 0 saturated carbocycles. The average Bonchev–Trinajstić information content (AvgIpc) is 2.81. The van der Waals surface area contributed by atoms with Crippen molar-refractivity contribution < 1.29 is 23.5 Å². The second kappa shape index (κ2) is 11.1. The number of benzene rings is 3. The fraction of sp³-hybridized carbons (Fsp3) is 0.308. The third-order valence-electron chi connectivity index (χ3n) is 5.75. The number of halogens is 3. The Bertz CT molecular complexity index is 1240. The van der Waals surface area contributed by atoms with Gasteiger partial charge >= 0.3 is 7.60 Å². The Labute approximate surface area is 220 Å². The fourth-order valence-corrected chi connectivity index (χ4v) is 6.56. The maximum absolute atomic E-state index is 13.3. The van der Waals surface area contributed by atoms with Gasteiger partial charge in [0.2, 0.25) is 0 Å². The first kappa shape index (κ1) is 26.3. The lowest BCUT2D eigenvalue weighted by Gasteiger charge is -2.30. The highest BCUT2D eigenvalue weighted by atomic mass is 35.5. The minimum absolute atomic E-state index is 0.123. The van der Waals surface area contributed by atoms with Crippen molar-refractivity contribution >= 4 is 42.4 Å². The molecule has 0 amide bonds. The molecule has 3 aromatic carbocycles. The maximum atomic E-state index is 13.3. The van der Waals surface area contributed by atoms with E-state index in [9.17, 15) is 9.67 Å². The largest absolute Gasteiger partial charge is 0.508 e. The Balaban J connectivity index is 1.45. The number of aromatic hydroxyl groups is 1. The van der Waals surface area contributed by atoms with E-state index in [1.807, 2.05) is 32.0 Å². The summed E-state index contributed by atoms with van der Waals surface area (Å²) in [6.45, 7) is 4.31. The summed E-state index contributed by atoms with van der Waals surface area (Å²) in [5, 5.41) is 11.3. The number of phenolic OH excluding ortho intramolecular Hbond substituents is 1. The van der Waals surface area contributed by atoms with Gasteiger partial charge in [-0.15, -0.1) is 0 Å². The molecular formula is C26H26Cl3O5P. The van der Waals surface area contributed by atoms with Gasteiger partial charge in [0.1, 0.15) is 11.5 Å². The van der Waals surface area contributed by atoms with Crippen LogP contribution in [-0.4, -0.2) is 17.9 Å².